The maximum atomic E-state index is 5.16. The minimum atomic E-state index is 0.400. The van der Waals surface area contributed by atoms with Crippen LogP contribution in [0.1, 0.15) is 20.3 Å². The predicted octanol–water partition coefficient (Wildman–Crippen LogP) is 0.534. The topological polar surface area (TPSA) is 36.1 Å². The second kappa shape index (κ2) is 6.50. The molecular weight excluding hydrogens is 217 g/mol. The smallest absolute Gasteiger partial charge is 0.185 e. The Labute approximate surface area is 103 Å². The van der Waals surface area contributed by atoms with E-state index in [-0.39, 0.29) is 0 Å². The maximum absolute atomic E-state index is 5.16. The van der Waals surface area contributed by atoms with E-state index < -0.39 is 0 Å². The van der Waals surface area contributed by atoms with Crippen molar-refractivity contribution in [2.45, 2.75) is 26.3 Å². The van der Waals surface area contributed by atoms with Crippen LogP contribution in [-0.4, -0.2) is 19.0 Å². The molecule has 0 amide bonds. The van der Waals surface area contributed by atoms with Gasteiger partial charge in [-0.15, -0.1) is 0 Å². The summed E-state index contributed by atoms with van der Waals surface area (Å²) in [5.41, 5.74) is 8.30. The molecule has 3 N–H and O–H groups in total. The summed E-state index contributed by atoms with van der Waals surface area (Å²) in [6.07, 6.45) is 1.06. The highest BCUT2D eigenvalue weighted by atomic mass is 32.1. The van der Waals surface area contributed by atoms with Crippen LogP contribution in [0, 0.1) is 0 Å². The molecule has 0 aliphatic heterocycles. The Morgan fingerprint density at radius 3 is 2.88 bits per heavy atom. The second-order valence-corrected chi connectivity index (χ2v) is 4.31. The molecule has 1 aromatic rings. The van der Waals surface area contributed by atoms with Crippen LogP contribution in [0.5, 0.6) is 0 Å². The van der Waals surface area contributed by atoms with Crippen molar-refractivity contribution in [2.24, 2.45) is 0 Å². The minimum absolute atomic E-state index is 0.400. The van der Waals surface area contributed by atoms with E-state index in [9.17, 15) is 0 Å². The summed E-state index contributed by atoms with van der Waals surface area (Å²) in [5, 5.41) is 3.71. The summed E-state index contributed by atoms with van der Waals surface area (Å²) in [4.78, 5) is 0. The van der Waals surface area contributed by atoms with Gasteiger partial charge in [0, 0.05) is 11.7 Å². The molecule has 0 saturated carbocycles. The quantitative estimate of drug-likeness (QED) is 0.404. The average Bonchev–Trinajstić information content (AvgIpc) is 2.26. The molecule has 0 heterocycles. The zero-order valence-corrected chi connectivity index (χ0v) is 10.8. The standard InChI is InChI=1S/C11H18BN3S/c1-3-8(2)14-15-11(16)13-10-6-4-5-9(12)7-10/h4-8,14H,3,12H2,1-2H3,(H2,13,15,16). The average molecular weight is 235 g/mol. The van der Waals surface area contributed by atoms with Crippen molar-refractivity contribution in [3.63, 3.8) is 0 Å². The number of rotatable bonds is 4. The van der Waals surface area contributed by atoms with Gasteiger partial charge in [-0.2, -0.15) is 0 Å². The van der Waals surface area contributed by atoms with Crippen molar-refractivity contribution in [1.82, 2.24) is 10.9 Å². The third kappa shape index (κ3) is 4.64. The predicted molar refractivity (Wildman–Crippen MR) is 76.9 cm³/mol. The first-order valence-corrected chi connectivity index (χ1v) is 5.92. The number of hydrogen-bond acceptors (Lipinski definition) is 2. The molecule has 1 rings (SSSR count). The van der Waals surface area contributed by atoms with Crippen LogP contribution in [0.3, 0.4) is 0 Å². The molecule has 0 spiro atoms. The van der Waals surface area contributed by atoms with Gasteiger partial charge in [0.15, 0.2) is 5.11 Å². The fourth-order valence-corrected chi connectivity index (χ4v) is 1.35. The molecule has 0 radical (unpaired) electrons. The summed E-state index contributed by atoms with van der Waals surface area (Å²) in [5.74, 6) is 0. The number of hydrogen-bond donors (Lipinski definition) is 3. The van der Waals surface area contributed by atoms with E-state index in [2.05, 4.69) is 50.0 Å². The first-order chi connectivity index (χ1) is 7.61. The van der Waals surface area contributed by atoms with E-state index >= 15 is 0 Å². The largest absolute Gasteiger partial charge is 0.332 e. The molecule has 0 fully saturated rings. The van der Waals surface area contributed by atoms with Crippen molar-refractivity contribution in [1.29, 1.82) is 0 Å². The Bertz CT molecular complexity index is 357. The zero-order valence-electron chi connectivity index (χ0n) is 10.0. The lowest BCUT2D eigenvalue weighted by Gasteiger charge is -2.15. The van der Waals surface area contributed by atoms with E-state index in [1.54, 1.807) is 0 Å². The summed E-state index contributed by atoms with van der Waals surface area (Å²) < 4.78 is 0. The van der Waals surface area contributed by atoms with E-state index in [0.29, 0.717) is 11.2 Å². The van der Waals surface area contributed by atoms with Gasteiger partial charge in [0.2, 0.25) is 0 Å². The van der Waals surface area contributed by atoms with Gasteiger partial charge in [0.25, 0.3) is 0 Å². The van der Waals surface area contributed by atoms with Gasteiger partial charge in [0.1, 0.15) is 7.85 Å². The van der Waals surface area contributed by atoms with Crippen LogP contribution in [0.25, 0.3) is 0 Å². The SMILES string of the molecule is Bc1cccc(NC(=S)NNC(C)CC)c1. The minimum Gasteiger partial charge on any atom is -0.332 e. The van der Waals surface area contributed by atoms with E-state index in [1.165, 1.54) is 5.46 Å². The monoisotopic (exact) mass is 235 g/mol. The molecule has 86 valence electrons. The van der Waals surface area contributed by atoms with Crippen LogP contribution < -0.4 is 21.6 Å². The van der Waals surface area contributed by atoms with Gasteiger partial charge in [-0.1, -0.05) is 24.5 Å². The van der Waals surface area contributed by atoms with Crippen LogP contribution >= 0.6 is 12.2 Å². The lowest BCUT2D eigenvalue weighted by Crippen LogP contribution is -2.44. The maximum Gasteiger partial charge on any atom is 0.185 e. The van der Waals surface area contributed by atoms with Gasteiger partial charge in [-0.3, -0.25) is 5.43 Å². The van der Waals surface area contributed by atoms with Crippen molar-refractivity contribution in [3.05, 3.63) is 24.3 Å². The van der Waals surface area contributed by atoms with Gasteiger partial charge in [-0.05, 0) is 37.7 Å². The summed E-state index contributed by atoms with van der Waals surface area (Å²) >= 11 is 5.16. The Morgan fingerprint density at radius 1 is 1.50 bits per heavy atom. The third-order valence-electron chi connectivity index (χ3n) is 2.32. The lowest BCUT2D eigenvalue weighted by molar-refractivity contribution is 0.511. The number of thiocarbonyl (C=S) groups is 1. The fourth-order valence-electron chi connectivity index (χ4n) is 1.18. The molecule has 5 heteroatoms. The zero-order chi connectivity index (χ0) is 12.0. The van der Waals surface area contributed by atoms with Crippen molar-refractivity contribution in [3.8, 4) is 0 Å². The molecule has 0 aliphatic rings. The fraction of sp³-hybridized carbons (Fsp3) is 0.364. The molecule has 0 saturated heterocycles. The normalized spacial score (nSPS) is 11.9. The van der Waals surface area contributed by atoms with E-state index in [0.717, 1.165) is 12.1 Å². The second-order valence-electron chi connectivity index (χ2n) is 3.90. The van der Waals surface area contributed by atoms with Crippen LogP contribution in [-0.2, 0) is 0 Å². The molecule has 1 atom stereocenters. The first-order valence-electron chi connectivity index (χ1n) is 5.51. The summed E-state index contributed by atoms with van der Waals surface area (Å²) in [6.45, 7) is 4.22. The van der Waals surface area contributed by atoms with Crippen molar-refractivity contribution < 1.29 is 0 Å². The van der Waals surface area contributed by atoms with Crippen LogP contribution in [0.2, 0.25) is 0 Å². The van der Waals surface area contributed by atoms with Crippen LogP contribution in [0.15, 0.2) is 24.3 Å². The molecule has 16 heavy (non-hydrogen) atoms. The highest BCUT2D eigenvalue weighted by molar-refractivity contribution is 7.80. The Morgan fingerprint density at radius 2 is 2.25 bits per heavy atom. The summed E-state index contributed by atoms with van der Waals surface area (Å²) in [6, 6.07) is 8.50. The number of anilines is 1. The molecular formula is C11H18BN3S. The highest BCUT2D eigenvalue weighted by Crippen LogP contribution is 2.02. The van der Waals surface area contributed by atoms with Gasteiger partial charge in [0.05, 0.1) is 0 Å². The van der Waals surface area contributed by atoms with Gasteiger partial charge < -0.3 is 5.32 Å². The molecule has 0 bridgehead atoms. The Balaban J connectivity index is 2.40. The van der Waals surface area contributed by atoms with Crippen molar-refractivity contribution >= 4 is 36.3 Å². The number of hydrazine groups is 1. The van der Waals surface area contributed by atoms with E-state index in [1.807, 2.05) is 12.1 Å². The Hall–Kier alpha value is -1.07. The molecule has 0 aliphatic carbocycles. The van der Waals surface area contributed by atoms with Crippen LogP contribution in [0.4, 0.5) is 5.69 Å². The van der Waals surface area contributed by atoms with Gasteiger partial charge in [-0.25, -0.2) is 5.43 Å². The Kier molecular flexibility index (Phi) is 5.28. The molecule has 0 aromatic heterocycles. The summed E-state index contributed by atoms with van der Waals surface area (Å²) in [7, 11) is 2.05. The third-order valence-corrected chi connectivity index (χ3v) is 2.52. The molecule has 1 aromatic carbocycles. The molecule has 1 unspecified atom stereocenters. The molecule has 3 nitrogen and oxygen atoms in total. The number of nitrogens with one attached hydrogen (secondary N) is 3. The van der Waals surface area contributed by atoms with E-state index in [4.69, 9.17) is 12.2 Å². The van der Waals surface area contributed by atoms with Gasteiger partial charge >= 0.3 is 0 Å². The van der Waals surface area contributed by atoms with Crippen molar-refractivity contribution in [2.75, 3.05) is 5.32 Å². The number of benzene rings is 1. The lowest BCUT2D eigenvalue weighted by atomic mass is 9.96. The highest BCUT2D eigenvalue weighted by Gasteiger charge is 1.99. The first kappa shape index (κ1) is 13.0.